The number of ether oxygens (including phenoxy) is 1. The van der Waals surface area contributed by atoms with Gasteiger partial charge in [-0.3, -0.25) is 14.9 Å². The van der Waals surface area contributed by atoms with Gasteiger partial charge in [0.1, 0.15) is 0 Å². The summed E-state index contributed by atoms with van der Waals surface area (Å²) in [5, 5.41) is 11.1. The number of hydrogen-bond donors (Lipinski definition) is 1. The Labute approximate surface area is 105 Å². The van der Waals surface area contributed by atoms with Gasteiger partial charge in [-0.1, -0.05) is 6.92 Å². The molecule has 0 unspecified atom stereocenters. The fourth-order valence-electron chi connectivity index (χ4n) is 1.74. The molecule has 1 aromatic carbocycles. The van der Waals surface area contributed by atoms with Gasteiger partial charge in [0, 0.05) is 11.1 Å². The van der Waals surface area contributed by atoms with Crippen LogP contribution in [0.15, 0.2) is 6.07 Å². The maximum atomic E-state index is 11.2. The molecular weight excluding hydrogens is 236 g/mol. The number of carbonyl (C=O) groups is 1. The second kappa shape index (κ2) is 5.48. The van der Waals surface area contributed by atoms with Crippen LogP contribution in [0.1, 0.15) is 34.8 Å². The van der Waals surface area contributed by atoms with Crippen molar-refractivity contribution in [2.24, 2.45) is 5.73 Å². The number of nitro groups is 1. The van der Waals surface area contributed by atoms with Crippen LogP contribution < -0.4 is 10.5 Å². The molecule has 1 aromatic rings. The number of rotatable bonds is 5. The van der Waals surface area contributed by atoms with Gasteiger partial charge in [-0.2, -0.15) is 0 Å². The predicted molar refractivity (Wildman–Crippen MR) is 66.9 cm³/mol. The van der Waals surface area contributed by atoms with E-state index in [4.69, 9.17) is 10.5 Å². The van der Waals surface area contributed by atoms with Gasteiger partial charge in [0.2, 0.25) is 5.91 Å². The summed E-state index contributed by atoms with van der Waals surface area (Å²) in [7, 11) is 0. The zero-order chi connectivity index (χ0) is 13.9. The molecular formula is C12H16N2O4. The molecule has 0 saturated heterocycles. The van der Waals surface area contributed by atoms with E-state index in [1.54, 1.807) is 6.92 Å². The fraction of sp³-hybridized carbons (Fsp3) is 0.417. The molecule has 0 aliphatic rings. The highest BCUT2D eigenvalue weighted by Crippen LogP contribution is 2.36. The van der Waals surface area contributed by atoms with Crippen molar-refractivity contribution >= 4 is 11.6 Å². The van der Waals surface area contributed by atoms with E-state index < -0.39 is 10.8 Å². The molecule has 1 rings (SSSR count). The van der Waals surface area contributed by atoms with E-state index in [-0.39, 0.29) is 22.6 Å². The van der Waals surface area contributed by atoms with Crippen molar-refractivity contribution in [2.45, 2.75) is 27.2 Å². The van der Waals surface area contributed by atoms with Gasteiger partial charge in [-0.15, -0.1) is 0 Å². The van der Waals surface area contributed by atoms with Crippen molar-refractivity contribution in [3.63, 3.8) is 0 Å². The highest BCUT2D eigenvalue weighted by atomic mass is 16.6. The first-order chi connectivity index (χ1) is 8.40. The molecule has 0 aromatic heterocycles. The Kier molecular flexibility index (Phi) is 4.25. The number of amides is 1. The maximum Gasteiger partial charge on any atom is 0.314 e. The van der Waals surface area contributed by atoms with Crippen molar-refractivity contribution < 1.29 is 14.5 Å². The van der Waals surface area contributed by atoms with E-state index in [9.17, 15) is 14.9 Å². The third-order valence-corrected chi connectivity index (χ3v) is 2.59. The minimum Gasteiger partial charge on any atom is -0.487 e. The molecule has 0 bridgehead atoms. The SMILES string of the molecule is CCCOc1c(C)cc(C(N)=O)c(C)c1[N+](=O)[O-]. The van der Waals surface area contributed by atoms with Crippen molar-refractivity contribution in [3.8, 4) is 5.75 Å². The van der Waals surface area contributed by atoms with Gasteiger partial charge < -0.3 is 10.5 Å². The minimum atomic E-state index is -0.680. The van der Waals surface area contributed by atoms with Gasteiger partial charge >= 0.3 is 5.69 Å². The normalized spacial score (nSPS) is 10.2. The number of primary amides is 1. The summed E-state index contributed by atoms with van der Waals surface area (Å²) in [6.07, 6.45) is 0.743. The first-order valence-corrected chi connectivity index (χ1v) is 5.61. The van der Waals surface area contributed by atoms with Crippen LogP contribution >= 0.6 is 0 Å². The van der Waals surface area contributed by atoms with Crippen molar-refractivity contribution in [3.05, 3.63) is 32.9 Å². The summed E-state index contributed by atoms with van der Waals surface area (Å²) in [6.45, 7) is 5.45. The van der Waals surface area contributed by atoms with Crippen LogP contribution in [0.25, 0.3) is 0 Å². The smallest absolute Gasteiger partial charge is 0.314 e. The van der Waals surface area contributed by atoms with Gasteiger partial charge in [0.05, 0.1) is 11.5 Å². The summed E-state index contributed by atoms with van der Waals surface area (Å²) in [6, 6.07) is 1.52. The Morgan fingerprint density at radius 3 is 2.56 bits per heavy atom. The molecule has 0 aliphatic carbocycles. The molecule has 0 saturated carbocycles. The maximum absolute atomic E-state index is 11.2. The lowest BCUT2D eigenvalue weighted by atomic mass is 10.0. The fourth-order valence-corrected chi connectivity index (χ4v) is 1.74. The van der Waals surface area contributed by atoms with Crippen LogP contribution in [0.2, 0.25) is 0 Å². The van der Waals surface area contributed by atoms with Crippen LogP contribution in [-0.2, 0) is 0 Å². The first-order valence-electron chi connectivity index (χ1n) is 5.61. The van der Waals surface area contributed by atoms with Gasteiger partial charge in [0.25, 0.3) is 0 Å². The Balaban J connectivity index is 3.47. The number of aryl methyl sites for hydroxylation is 1. The summed E-state index contributed by atoms with van der Waals surface area (Å²) < 4.78 is 5.40. The molecule has 0 radical (unpaired) electrons. The quantitative estimate of drug-likeness (QED) is 0.641. The molecule has 6 nitrogen and oxygen atoms in total. The summed E-state index contributed by atoms with van der Waals surface area (Å²) >= 11 is 0. The largest absolute Gasteiger partial charge is 0.487 e. The Morgan fingerprint density at radius 2 is 2.11 bits per heavy atom. The summed E-state index contributed by atoms with van der Waals surface area (Å²) in [4.78, 5) is 21.8. The lowest BCUT2D eigenvalue weighted by Crippen LogP contribution is -2.15. The topological polar surface area (TPSA) is 95.5 Å². The molecule has 0 atom stereocenters. The molecule has 0 spiro atoms. The Morgan fingerprint density at radius 1 is 1.50 bits per heavy atom. The Bertz CT molecular complexity index is 497. The van der Waals surface area contributed by atoms with Gasteiger partial charge in [-0.25, -0.2) is 0 Å². The number of nitrogens with two attached hydrogens (primary N) is 1. The second-order valence-electron chi connectivity index (χ2n) is 4.01. The predicted octanol–water partition coefficient (Wildman–Crippen LogP) is 2.10. The van der Waals surface area contributed by atoms with E-state index in [0.29, 0.717) is 12.2 Å². The summed E-state index contributed by atoms with van der Waals surface area (Å²) in [5.41, 5.74) is 5.95. The molecule has 0 heterocycles. The summed E-state index contributed by atoms with van der Waals surface area (Å²) in [5.74, 6) is -0.468. The first kappa shape index (κ1) is 14.0. The van der Waals surface area contributed by atoms with E-state index in [1.807, 2.05) is 6.92 Å². The monoisotopic (exact) mass is 252 g/mol. The highest BCUT2D eigenvalue weighted by molar-refractivity contribution is 5.96. The molecule has 6 heteroatoms. The van der Waals surface area contributed by atoms with Crippen molar-refractivity contribution in [1.29, 1.82) is 0 Å². The highest BCUT2D eigenvalue weighted by Gasteiger charge is 2.25. The van der Waals surface area contributed by atoms with Crippen molar-refractivity contribution in [2.75, 3.05) is 6.61 Å². The van der Waals surface area contributed by atoms with Gasteiger partial charge in [-0.05, 0) is 31.9 Å². The van der Waals surface area contributed by atoms with Crippen molar-refractivity contribution in [1.82, 2.24) is 0 Å². The third-order valence-electron chi connectivity index (χ3n) is 2.59. The standard InChI is InChI=1S/C12H16N2O4/c1-4-5-18-11-7(2)6-9(12(13)15)8(3)10(11)14(16)17/h6H,4-5H2,1-3H3,(H2,13,15). The van der Waals surface area contributed by atoms with Gasteiger partial charge in [0.15, 0.2) is 5.75 Å². The second-order valence-corrected chi connectivity index (χ2v) is 4.01. The molecule has 98 valence electrons. The molecule has 2 N–H and O–H groups in total. The average molecular weight is 252 g/mol. The van der Waals surface area contributed by atoms with E-state index in [2.05, 4.69) is 0 Å². The van der Waals surface area contributed by atoms with Crippen LogP contribution in [0.4, 0.5) is 5.69 Å². The van der Waals surface area contributed by atoms with Crippen LogP contribution in [0.5, 0.6) is 5.75 Å². The lowest BCUT2D eigenvalue weighted by Gasteiger charge is -2.12. The van der Waals surface area contributed by atoms with Crippen LogP contribution in [0, 0.1) is 24.0 Å². The van der Waals surface area contributed by atoms with Crippen LogP contribution in [-0.4, -0.2) is 17.4 Å². The number of nitrogens with zero attached hydrogens (tertiary/aromatic N) is 1. The number of carbonyl (C=O) groups excluding carboxylic acids is 1. The number of hydrogen-bond acceptors (Lipinski definition) is 4. The Hall–Kier alpha value is -2.11. The lowest BCUT2D eigenvalue weighted by molar-refractivity contribution is -0.386. The molecule has 0 fully saturated rings. The zero-order valence-electron chi connectivity index (χ0n) is 10.6. The number of benzene rings is 1. The molecule has 0 aliphatic heterocycles. The van der Waals surface area contributed by atoms with E-state index in [0.717, 1.165) is 6.42 Å². The molecule has 18 heavy (non-hydrogen) atoms. The third kappa shape index (κ3) is 2.58. The number of nitro benzene ring substituents is 1. The van der Waals surface area contributed by atoms with E-state index >= 15 is 0 Å². The zero-order valence-corrected chi connectivity index (χ0v) is 10.6. The average Bonchev–Trinajstić information content (AvgIpc) is 2.28. The minimum absolute atomic E-state index is 0.156. The van der Waals surface area contributed by atoms with E-state index in [1.165, 1.54) is 13.0 Å². The van der Waals surface area contributed by atoms with Crippen LogP contribution in [0.3, 0.4) is 0 Å². The molecule has 1 amide bonds.